The van der Waals surface area contributed by atoms with E-state index < -0.39 is 0 Å². The van der Waals surface area contributed by atoms with E-state index in [9.17, 15) is 0 Å². The molecule has 0 heterocycles. The molecule has 0 fully saturated rings. The van der Waals surface area contributed by atoms with Crippen molar-refractivity contribution < 1.29 is 0 Å². The molecule has 11 heavy (non-hydrogen) atoms. The predicted octanol–water partition coefficient (Wildman–Crippen LogP) is 2.75. The first kappa shape index (κ1) is 6.41. The van der Waals surface area contributed by atoms with Crippen molar-refractivity contribution in [3.63, 3.8) is 0 Å². The molecule has 0 nitrogen and oxygen atoms in total. The highest BCUT2D eigenvalue weighted by molar-refractivity contribution is 5.84. The van der Waals surface area contributed by atoms with Gasteiger partial charge in [-0.15, -0.1) is 0 Å². The van der Waals surface area contributed by atoms with E-state index in [0.717, 1.165) is 5.39 Å². The second-order valence-electron chi connectivity index (χ2n) is 2.62. The van der Waals surface area contributed by atoms with E-state index in [4.69, 9.17) is 0 Å². The number of benzene rings is 2. The SMILES string of the molecule is Cc1cc[c]c2[c]cccc12. The molecule has 0 bridgehead atoms. The van der Waals surface area contributed by atoms with Gasteiger partial charge in [-0.05, 0) is 35.4 Å². The molecule has 0 aliphatic rings. The Morgan fingerprint density at radius 3 is 2.73 bits per heavy atom. The minimum Gasteiger partial charge on any atom is -0.0610 e. The number of aryl methyl sites for hydroxylation is 1. The molecule has 0 atom stereocenters. The molecule has 2 aromatic carbocycles. The second kappa shape index (κ2) is 2.39. The van der Waals surface area contributed by atoms with Crippen molar-refractivity contribution in [1.82, 2.24) is 0 Å². The zero-order chi connectivity index (χ0) is 7.68. The van der Waals surface area contributed by atoms with Crippen molar-refractivity contribution in [1.29, 1.82) is 0 Å². The molecule has 0 aliphatic heterocycles. The van der Waals surface area contributed by atoms with Gasteiger partial charge < -0.3 is 0 Å². The van der Waals surface area contributed by atoms with Gasteiger partial charge in [-0.25, -0.2) is 0 Å². The summed E-state index contributed by atoms with van der Waals surface area (Å²) in [6, 6.07) is 16.3. The van der Waals surface area contributed by atoms with Crippen LogP contribution in [0.1, 0.15) is 5.56 Å². The zero-order valence-corrected chi connectivity index (χ0v) is 6.39. The van der Waals surface area contributed by atoms with Crippen molar-refractivity contribution in [2.24, 2.45) is 0 Å². The average Bonchev–Trinajstić information content (AvgIpc) is 2.06. The molecule has 0 spiro atoms. The van der Waals surface area contributed by atoms with Gasteiger partial charge in [-0.1, -0.05) is 30.3 Å². The molecule has 0 saturated carbocycles. The number of rotatable bonds is 0. The Bertz CT molecular complexity index is 369. The molecule has 0 aromatic heterocycles. The third kappa shape index (κ3) is 1.01. The van der Waals surface area contributed by atoms with Crippen molar-refractivity contribution in [2.45, 2.75) is 6.92 Å². The lowest BCUT2D eigenvalue weighted by Crippen LogP contribution is -1.76. The maximum atomic E-state index is 3.14. The standard InChI is InChI=1S/C11H8/c1-9-5-4-7-10-6-2-3-8-11(9)10/h2-5,8H,1H3. The van der Waals surface area contributed by atoms with Gasteiger partial charge in [0.1, 0.15) is 0 Å². The minimum absolute atomic E-state index is 1.08. The number of fused-ring (bicyclic) bond motifs is 1. The third-order valence-electron chi connectivity index (χ3n) is 1.84. The predicted molar refractivity (Wildman–Crippen MR) is 46.4 cm³/mol. The Labute approximate surface area is 66.5 Å². The van der Waals surface area contributed by atoms with Gasteiger partial charge in [0.15, 0.2) is 0 Å². The van der Waals surface area contributed by atoms with E-state index in [-0.39, 0.29) is 0 Å². The molecule has 0 aliphatic carbocycles. The molecule has 0 saturated heterocycles. The highest BCUT2D eigenvalue weighted by atomic mass is 14.0. The van der Waals surface area contributed by atoms with Gasteiger partial charge in [0.05, 0.1) is 0 Å². The first-order valence-corrected chi connectivity index (χ1v) is 3.65. The topological polar surface area (TPSA) is 0 Å². The highest BCUT2D eigenvalue weighted by Gasteiger charge is 1.92. The first-order chi connectivity index (χ1) is 5.38. The van der Waals surface area contributed by atoms with Crippen molar-refractivity contribution >= 4 is 10.8 Å². The lowest BCUT2D eigenvalue weighted by atomic mass is 10.1. The van der Waals surface area contributed by atoms with Crippen LogP contribution < -0.4 is 0 Å². The van der Waals surface area contributed by atoms with E-state index >= 15 is 0 Å². The summed E-state index contributed by atoms with van der Waals surface area (Å²) in [5.74, 6) is 0. The van der Waals surface area contributed by atoms with E-state index in [1.54, 1.807) is 0 Å². The van der Waals surface area contributed by atoms with E-state index in [0.29, 0.717) is 0 Å². The molecule has 0 amide bonds. The van der Waals surface area contributed by atoms with Crippen LogP contribution in [0.15, 0.2) is 30.3 Å². The Balaban J connectivity index is 2.91. The molecule has 0 unspecified atom stereocenters. The summed E-state index contributed by atoms with van der Waals surface area (Å²) in [7, 11) is 0. The van der Waals surface area contributed by atoms with Crippen molar-refractivity contribution in [3.8, 4) is 0 Å². The van der Waals surface area contributed by atoms with E-state index in [2.05, 4.69) is 31.2 Å². The molecule has 0 N–H and O–H groups in total. The fraction of sp³-hybridized carbons (Fsp3) is 0.0909. The second-order valence-corrected chi connectivity index (χ2v) is 2.62. The maximum Gasteiger partial charge on any atom is -0.00237 e. The van der Waals surface area contributed by atoms with Gasteiger partial charge in [0.25, 0.3) is 0 Å². The van der Waals surface area contributed by atoms with Gasteiger partial charge in [-0.2, -0.15) is 0 Å². The Morgan fingerprint density at radius 2 is 1.91 bits per heavy atom. The van der Waals surface area contributed by atoms with E-state index in [1.807, 2.05) is 18.2 Å². The fourth-order valence-electron chi connectivity index (χ4n) is 1.22. The zero-order valence-electron chi connectivity index (χ0n) is 6.39. The summed E-state index contributed by atoms with van der Waals surface area (Å²) >= 11 is 0. The fourth-order valence-corrected chi connectivity index (χ4v) is 1.22. The van der Waals surface area contributed by atoms with Crippen LogP contribution in [0.5, 0.6) is 0 Å². The summed E-state index contributed by atoms with van der Waals surface area (Å²) in [6.45, 7) is 2.10. The third-order valence-corrected chi connectivity index (χ3v) is 1.84. The smallest absolute Gasteiger partial charge is 0.00237 e. The van der Waals surface area contributed by atoms with Crippen LogP contribution in [-0.2, 0) is 0 Å². The summed E-state index contributed by atoms with van der Waals surface area (Å²) in [6.07, 6.45) is 0. The summed E-state index contributed by atoms with van der Waals surface area (Å²) in [5.41, 5.74) is 1.29. The molecular formula is C11H8. The van der Waals surface area contributed by atoms with Gasteiger partial charge in [0, 0.05) is 0 Å². The first-order valence-electron chi connectivity index (χ1n) is 3.65. The molecular weight excluding hydrogens is 132 g/mol. The van der Waals surface area contributed by atoms with Gasteiger partial charge in [-0.3, -0.25) is 0 Å². The van der Waals surface area contributed by atoms with Crippen LogP contribution in [0.25, 0.3) is 10.8 Å². The number of hydrogen-bond acceptors (Lipinski definition) is 0. The summed E-state index contributed by atoms with van der Waals surface area (Å²) < 4.78 is 0. The Morgan fingerprint density at radius 1 is 1.09 bits per heavy atom. The molecule has 52 valence electrons. The minimum atomic E-state index is 1.08. The van der Waals surface area contributed by atoms with Crippen LogP contribution in [0.4, 0.5) is 0 Å². The highest BCUT2D eigenvalue weighted by Crippen LogP contribution is 2.15. The lowest BCUT2D eigenvalue weighted by Gasteiger charge is -1.97. The maximum absolute atomic E-state index is 3.14. The number of hydrogen-bond donors (Lipinski definition) is 0. The van der Waals surface area contributed by atoms with Gasteiger partial charge >= 0.3 is 0 Å². The summed E-state index contributed by atoms with van der Waals surface area (Å²) in [4.78, 5) is 0. The monoisotopic (exact) mass is 140 g/mol. The van der Waals surface area contributed by atoms with Crippen LogP contribution in [0, 0.1) is 19.1 Å². The molecule has 2 radical (unpaired) electrons. The van der Waals surface area contributed by atoms with Gasteiger partial charge in [0.2, 0.25) is 0 Å². The van der Waals surface area contributed by atoms with Crippen LogP contribution >= 0.6 is 0 Å². The lowest BCUT2D eigenvalue weighted by molar-refractivity contribution is 1.53. The van der Waals surface area contributed by atoms with Crippen LogP contribution in [0.3, 0.4) is 0 Å². The van der Waals surface area contributed by atoms with Crippen LogP contribution in [0.2, 0.25) is 0 Å². The molecule has 0 heteroatoms. The molecule has 2 aromatic rings. The van der Waals surface area contributed by atoms with Crippen LogP contribution in [-0.4, -0.2) is 0 Å². The largest absolute Gasteiger partial charge is 0.0610 e. The van der Waals surface area contributed by atoms with Crippen molar-refractivity contribution in [2.75, 3.05) is 0 Å². The quantitative estimate of drug-likeness (QED) is 0.527. The normalized spacial score (nSPS) is 10.3. The van der Waals surface area contributed by atoms with Crippen molar-refractivity contribution in [3.05, 3.63) is 48.0 Å². The molecule has 2 rings (SSSR count). The summed E-state index contributed by atoms with van der Waals surface area (Å²) in [5, 5.41) is 2.32. The Hall–Kier alpha value is -1.30. The average molecular weight is 140 g/mol. The van der Waals surface area contributed by atoms with E-state index in [1.165, 1.54) is 10.9 Å². The Kier molecular flexibility index (Phi) is 1.39.